The molecule has 110 valence electrons. The van der Waals surface area contributed by atoms with E-state index in [1.54, 1.807) is 0 Å². The Hall–Kier alpha value is -1.55. The minimum absolute atomic E-state index is 0.0223. The van der Waals surface area contributed by atoms with Crippen molar-refractivity contribution >= 4 is 11.8 Å². The molecule has 1 heterocycles. The van der Waals surface area contributed by atoms with Gasteiger partial charge >= 0.3 is 0 Å². The van der Waals surface area contributed by atoms with E-state index in [1.807, 2.05) is 49.0 Å². The monoisotopic (exact) mass is 300 g/mol. The second-order valence-electron chi connectivity index (χ2n) is 5.57. The standard InChI is InChI=1S/C17H20N2OS/c1-12-16(13-7-3-2-4-8-13)18-15(19-17(12)20)11-21-14-9-5-6-10-14/h2-4,7-8,14H,5-6,9-11H2,1H3,(H,18,19,20). The molecule has 1 aromatic heterocycles. The molecule has 0 saturated heterocycles. The van der Waals surface area contributed by atoms with Crippen LogP contribution in [-0.2, 0) is 5.75 Å². The van der Waals surface area contributed by atoms with Crippen molar-refractivity contribution in [3.05, 3.63) is 52.1 Å². The lowest BCUT2D eigenvalue weighted by molar-refractivity contribution is 0.886. The normalized spacial score (nSPS) is 15.5. The van der Waals surface area contributed by atoms with Crippen LogP contribution in [0.15, 0.2) is 35.1 Å². The maximum atomic E-state index is 12.1. The molecule has 1 fully saturated rings. The molecule has 1 aromatic carbocycles. The predicted molar refractivity (Wildman–Crippen MR) is 88.6 cm³/mol. The highest BCUT2D eigenvalue weighted by Crippen LogP contribution is 2.31. The molecule has 0 aliphatic heterocycles. The Bertz CT molecular complexity index is 660. The Balaban J connectivity index is 1.85. The zero-order valence-corrected chi connectivity index (χ0v) is 13.1. The fraction of sp³-hybridized carbons (Fsp3) is 0.412. The first-order chi connectivity index (χ1) is 10.2. The summed E-state index contributed by atoms with van der Waals surface area (Å²) in [4.78, 5) is 19.7. The lowest BCUT2D eigenvalue weighted by atomic mass is 10.1. The number of nitrogens with one attached hydrogen (secondary N) is 1. The molecule has 0 radical (unpaired) electrons. The van der Waals surface area contributed by atoms with Crippen molar-refractivity contribution in [3.8, 4) is 11.3 Å². The molecule has 0 bridgehead atoms. The first-order valence-electron chi connectivity index (χ1n) is 7.51. The van der Waals surface area contributed by atoms with Crippen LogP contribution < -0.4 is 5.56 Å². The van der Waals surface area contributed by atoms with E-state index in [2.05, 4.69) is 9.97 Å². The summed E-state index contributed by atoms with van der Waals surface area (Å²) in [6, 6.07) is 9.93. The maximum absolute atomic E-state index is 12.1. The van der Waals surface area contributed by atoms with Crippen molar-refractivity contribution < 1.29 is 0 Å². The van der Waals surface area contributed by atoms with Crippen LogP contribution in [0.1, 0.15) is 37.1 Å². The molecule has 1 saturated carbocycles. The van der Waals surface area contributed by atoms with E-state index in [-0.39, 0.29) is 5.56 Å². The van der Waals surface area contributed by atoms with E-state index < -0.39 is 0 Å². The van der Waals surface area contributed by atoms with Gasteiger partial charge in [0.2, 0.25) is 0 Å². The molecule has 3 rings (SSSR count). The van der Waals surface area contributed by atoms with Gasteiger partial charge in [-0.25, -0.2) is 4.98 Å². The Morgan fingerprint density at radius 3 is 2.67 bits per heavy atom. The molecule has 1 aliphatic rings. The molecule has 0 amide bonds. The molecular formula is C17H20N2OS. The van der Waals surface area contributed by atoms with Crippen LogP contribution in [0.25, 0.3) is 11.3 Å². The second-order valence-corrected chi connectivity index (χ2v) is 6.86. The van der Waals surface area contributed by atoms with Crippen LogP contribution in [0, 0.1) is 6.92 Å². The van der Waals surface area contributed by atoms with Crippen LogP contribution in [0.3, 0.4) is 0 Å². The Morgan fingerprint density at radius 2 is 1.95 bits per heavy atom. The van der Waals surface area contributed by atoms with Crippen molar-refractivity contribution in [1.82, 2.24) is 9.97 Å². The zero-order valence-electron chi connectivity index (χ0n) is 12.3. The van der Waals surface area contributed by atoms with Crippen molar-refractivity contribution in [3.63, 3.8) is 0 Å². The van der Waals surface area contributed by atoms with Gasteiger partial charge in [0.05, 0.1) is 11.4 Å². The molecule has 21 heavy (non-hydrogen) atoms. The quantitative estimate of drug-likeness (QED) is 0.931. The van der Waals surface area contributed by atoms with Crippen LogP contribution in [-0.4, -0.2) is 15.2 Å². The molecule has 4 heteroatoms. The third-order valence-corrected chi connectivity index (χ3v) is 5.39. The van der Waals surface area contributed by atoms with Crippen molar-refractivity contribution in [2.24, 2.45) is 0 Å². The van der Waals surface area contributed by atoms with Gasteiger partial charge in [0.25, 0.3) is 5.56 Å². The van der Waals surface area contributed by atoms with Gasteiger partial charge in [-0.15, -0.1) is 0 Å². The average Bonchev–Trinajstić information content (AvgIpc) is 3.02. The summed E-state index contributed by atoms with van der Waals surface area (Å²) in [5.41, 5.74) is 2.48. The fourth-order valence-corrected chi connectivity index (χ4v) is 3.97. The first kappa shape index (κ1) is 14.4. The molecule has 1 aliphatic carbocycles. The van der Waals surface area contributed by atoms with Crippen LogP contribution in [0.2, 0.25) is 0 Å². The zero-order chi connectivity index (χ0) is 14.7. The summed E-state index contributed by atoms with van der Waals surface area (Å²) >= 11 is 1.92. The number of hydrogen-bond acceptors (Lipinski definition) is 3. The van der Waals surface area contributed by atoms with Crippen LogP contribution >= 0.6 is 11.8 Å². The fourth-order valence-electron chi connectivity index (χ4n) is 2.78. The van der Waals surface area contributed by atoms with Gasteiger partial charge in [-0.3, -0.25) is 4.79 Å². The largest absolute Gasteiger partial charge is 0.310 e. The molecule has 0 spiro atoms. The number of aromatic nitrogens is 2. The van der Waals surface area contributed by atoms with E-state index in [0.717, 1.165) is 28.1 Å². The Kier molecular flexibility index (Phi) is 4.44. The van der Waals surface area contributed by atoms with Crippen LogP contribution in [0.4, 0.5) is 0 Å². The first-order valence-corrected chi connectivity index (χ1v) is 8.56. The number of aromatic amines is 1. The molecule has 1 N–H and O–H groups in total. The third-order valence-electron chi connectivity index (χ3n) is 4.01. The topological polar surface area (TPSA) is 45.8 Å². The van der Waals surface area contributed by atoms with Crippen molar-refractivity contribution in [2.45, 2.75) is 43.6 Å². The summed E-state index contributed by atoms with van der Waals surface area (Å²) in [5.74, 6) is 1.58. The summed E-state index contributed by atoms with van der Waals surface area (Å²) in [6.07, 6.45) is 5.27. The van der Waals surface area contributed by atoms with Gasteiger partial charge in [0.1, 0.15) is 5.82 Å². The van der Waals surface area contributed by atoms with E-state index >= 15 is 0 Å². The van der Waals surface area contributed by atoms with Gasteiger partial charge in [0, 0.05) is 16.4 Å². The molecule has 3 nitrogen and oxygen atoms in total. The SMILES string of the molecule is Cc1c(-c2ccccc2)nc(CSC2CCCC2)[nH]c1=O. The summed E-state index contributed by atoms with van der Waals surface area (Å²) < 4.78 is 0. The summed E-state index contributed by atoms with van der Waals surface area (Å²) in [5, 5.41) is 0.733. The predicted octanol–water partition coefficient (Wildman–Crippen LogP) is 3.92. The Labute approximate surface area is 129 Å². The minimum Gasteiger partial charge on any atom is -0.310 e. The molecule has 2 aromatic rings. The maximum Gasteiger partial charge on any atom is 0.254 e. The lowest BCUT2D eigenvalue weighted by Gasteiger charge is -2.10. The highest BCUT2D eigenvalue weighted by atomic mass is 32.2. The highest BCUT2D eigenvalue weighted by Gasteiger charge is 2.16. The number of benzene rings is 1. The van der Waals surface area contributed by atoms with Gasteiger partial charge in [-0.1, -0.05) is 43.2 Å². The van der Waals surface area contributed by atoms with E-state index in [1.165, 1.54) is 25.7 Å². The van der Waals surface area contributed by atoms with Crippen LogP contribution in [0.5, 0.6) is 0 Å². The number of hydrogen-bond donors (Lipinski definition) is 1. The summed E-state index contributed by atoms with van der Waals surface area (Å²) in [7, 11) is 0. The molecule has 0 atom stereocenters. The number of thioether (sulfide) groups is 1. The number of nitrogens with zero attached hydrogens (tertiary/aromatic N) is 1. The third kappa shape index (κ3) is 3.38. The highest BCUT2D eigenvalue weighted by molar-refractivity contribution is 7.99. The smallest absolute Gasteiger partial charge is 0.254 e. The van der Waals surface area contributed by atoms with E-state index in [0.29, 0.717) is 5.56 Å². The molecule has 0 unspecified atom stereocenters. The van der Waals surface area contributed by atoms with E-state index in [4.69, 9.17) is 0 Å². The summed E-state index contributed by atoms with van der Waals surface area (Å²) in [6.45, 7) is 1.84. The minimum atomic E-state index is -0.0223. The van der Waals surface area contributed by atoms with Gasteiger partial charge in [-0.2, -0.15) is 11.8 Å². The lowest BCUT2D eigenvalue weighted by Crippen LogP contribution is -2.16. The second kappa shape index (κ2) is 6.48. The average molecular weight is 300 g/mol. The van der Waals surface area contributed by atoms with Crippen molar-refractivity contribution in [2.75, 3.05) is 0 Å². The number of rotatable bonds is 4. The van der Waals surface area contributed by atoms with Gasteiger partial charge in [0.15, 0.2) is 0 Å². The van der Waals surface area contributed by atoms with Gasteiger partial charge < -0.3 is 4.98 Å². The number of H-pyrrole nitrogens is 1. The van der Waals surface area contributed by atoms with Crippen molar-refractivity contribution in [1.29, 1.82) is 0 Å². The Morgan fingerprint density at radius 1 is 1.24 bits per heavy atom. The van der Waals surface area contributed by atoms with Gasteiger partial charge in [-0.05, 0) is 19.8 Å². The molecular weight excluding hydrogens is 280 g/mol. The van der Waals surface area contributed by atoms with E-state index in [9.17, 15) is 4.79 Å².